The molecule has 0 N–H and O–H groups in total. The number of hydrogen-bond acceptors (Lipinski definition) is 0. The van der Waals surface area contributed by atoms with Gasteiger partial charge in [0.1, 0.15) is 0 Å². The molecule has 0 saturated heterocycles. The average molecular weight is 230 g/mol. The summed E-state index contributed by atoms with van der Waals surface area (Å²) in [4.78, 5) is 0. The third-order valence-corrected chi connectivity index (χ3v) is 3.97. The Kier molecular flexibility index (Phi) is 2.04. The van der Waals surface area contributed by atoms with Crippen molar-refractivity contribution in [3.63, 3.8) is 0 Å². The Bertz CT molecular complexity index is 687. The summed E-state index contributed by atoms with van der Waals surface area (Å²) in [6.45, 7) is 0. The van der Waals surface area contributed by atoms with E-state index in [1.165, 1.54) is 33.4 Å². The van der Waals surface area contributed by atoms with Crippen molar-refractivity contribution in [1.29, 1.82) is 0 Å². The van der Waals surface area contributed by atoms with Crippen LogP contribution in [0.3, 0.4) is 0 Å². The molecule has 0 unspecified atom stereocenters. The van der Waals surface area contributed by atoms with Crippen molar-refractivity contribution in [2.45, 2.75) is 12.8 Å². The Morgan fingerprint density at radius 2 is 1.44 bits per heavy atom. The first-order valence-corrected chi connectivity index (χ1v) is 6.50. The predicted octanol–water partition coefficient (Wildman–Crippen LogP) is 4.62. The van der Waals surface area contributed by atoms with E-state index in [-0.39, 0.29) is 0 Å². The van der Waals surface area contributed by atoms with Gasteiger partial charge in [-0.15, -0.1) is 0 Å². The van der Waals surface area contributed by atoms with E-state index >= 15 is 0 Å². The molecule has 0 spiro atoms. The molecule has 18 heavy (non-hydrogen) atoms. The van der Waals surface area contributed by atoms with E-state index in [9.17, 15) is 0 Å². The third-order valence-electron chi connectivity index (χ3n) is 3.97. The zero-order chi connectivity index (χ0) is 11.9. The Labute approximate surface area is 107 Å². The van der Waals surface area contributed by atoms with E-state index in [4.69, 9.17) is 0 Å². The molecule has 0 saturated carbocycles. The molecule has 0 radical (unpaired) electrons. The molecular weight excluding hydrogens is 216 g/mol. The lowest BCUT2D eigenvalue weighted by molar-refractivity contribution is 1.22. The molecule has 0 bridgehead atoms. The van der Waals surface area contributed by atoms with Crippen LogP contribution in [0.2, 0.25) is 0 Å². The summed E-state index contributed by atoms with van der Waals surface area (Å²) >= 11 is 0. The molecule has 0 atom stereocenters. The van der Waals surface area contributed by atoms with E-state index in [1.807, 2.05) is 0 Å². The highest BCUT2D eigenvalue weighted by Gasteiger charge is 2.20. The molecule has 0 nitrogen and oxygen atoms in total. The van der Waals surface area contributed by atoms with Gasteiger partial charge >= 0.3 is 0 Å². The van der Waals surface area contributed by atoms with Crippen LogP contribution < -0.4 is 0 Å². The molecular formula is C18H14. The van der Waals surface area contributed by atoms with E-state index < -0.39 is 0 Å². The second-order valence-corrected chi connectivity index (χ2v) is 4.99. The summed E-state index contributed by atoms with van der Waals surface area (Å²) in [6.07, 6.45) is 6.74. The Morgan fingerprint density at radius 3 is 2.33 bits per heavy atom. The molecule has 0 heteroatoms. The van der Waals surface area contributed by atoms with Crippen molar-refractivity contribution in [3.05, 3.63) is 77.4 Å². The van der Waals surface area contributed by atoms with Crippen molar-refractivity contribution in [1.82, 2.24) is 0 Å². The lowest BCUT2D eigenvalue weighted by Gasteiger charge is -2.10. The molecule has 2 aromatic rings. The zero-order valence-corrected chi connectivity index (χ0v) is 10.2. The summed E-state index contributed by atoms with van der Waals surface area (Å²) in [6, 6.07) is 17.6. The second kappa shape index (κ2) is 3.71. The smallest absolute Gasteiger partial charge is 0.00167 e. The van der Waals surface area contributed by atoms with Gasteiger partial charge in [0, 0.05) is 0 Å². The molecule has 0 amide bonds. The van der Waals surface area contributed by atoms with Crippen molar-refractivity contribution in [2.75, 3.05) is 0 Å². The summed E-state index contributed by atoms with van der Waals surface area (Å²) in [5, 5.41) is 0. The third kappa shape index (κ3) is 1.32. The maximum Gasteiger partial charge on any atom is -0.00167 e. The molecule has 0 aromatic heterocycles. The quantitative estimate of drug-likeness (QED) is 0.619. The van der Waals surface area contributed by atoms with E-state index in [2.05, 4.69) is 60.7 Å². The number of rotatable bonds is 0. The van der Waals surface area contributed by atoms with Gasteiger partial charge in [-0.2, -0.15) is 0 Å². The van der Waals surface area contributed by atoms with E-state index in [0.29, 0.717) is 0 Å². The number of fused-ring (bicyclic) bond motifs is 4. The van der Waals surface area contributed by atoms with Crippen LogP contribution in [0, 0.1) is 0 Å². The lowest BCUT2D eigenvalue weighted by Crippen LogP contribution is -1.88. The monoisotopic (exact) mass is 230 g/mol. The summed E-state index contributed by atoms with van der Waals surface area (Å²) in [5.41, 5.74) is 8.66. The van der Waals surface area contributed by atoms with Crippen LogP contribution in [-0.2, 0) is 6.42 Å². The molecule has 2 aliphatic rings. The van der Waals surface area contributed by atoms with Crippen molar-refractivity contribution >= 4 is 5.57 Å². The highest BCUT2D eigenvalue weighted by Crippen LogP contribution is 2.41. The number of allylic oxidation sites excluding steroid dienone is 4. The molecule has 0 fully saturated rings. The van der Waals surface area contributed by atoms with Crippen LogP contribution in [0.25, 0.3) is 16.7 Å². The molecule has 0 heterocycles. The fraction of sp³-hybridized carbons (Fsp3) is 0.111. The Morgan fingerprint density at radius 1 is 0.722 bits per heavy atom. The standard InChI is InChI=1S/C18H14/c1-2-8-15-13(6-1)12-14-7-5-11-16(14)18-10-4-3-9-17(15)18/h1-10H,11-12H2. The zero-order valence-electron chi connectivity index (χ0n) is 10.2. The van der Waals surface area contributed by atoms with Gasteiger partial charge in [0.2, 0.25) is 0 Å². The van der Waals surface area contributed by atoms with Crippen LogP contribution in [0.1, 0.15) is 17.5 Å². The SMILES string of the molecule is C1=CC2=C(C1)c1ccccc1-c1ccccc1C2. The van der Waals surface area contributed by atoms with Gasteiger partial charge in [0.05, 0.1) is 0 Å². The molecule has 0 aliphatic heterocycles. The number of hydrogen-bond donors (Lipinski definition) is 0. The van der Waals surface area contributed by atoms with Gasteiger partial charge in [-0.3, -0.25) is 0 Å². The highest BCUT2D eigenvalue weighted by atomic mass is 14.2. The van der Waals surface area contributed by atoms with Gasteiger partial charge in [-0.25, -0.2) is 0 Å². The van der Waals surface area contributed by atoms with Crippen LogP contribution >= 0.6 is 0 Å². The molecule has 2 aliphatic carbocycles. The van der Waals surface area contributed by atoms with Gasteiger partial charge in [0.15, 0.2) is 0 Å². The van der Waals surface area contributed by atoms with Crippen molar-refractivity contribution in [2.24, 2.45) is 0 Å². The lowest BCUT2D eigenvalue weighted by atomic mass is 9.94. The Hall–Kier alpha value is -2.08. The second-order valence-electron chi connectivity index (χ2n) is 4.99. The predicted molar refractivity (Wildman–Crippen MR) is 76.3 cm³/mol. The van der Waals surface area contributed by atoms with Crippen molar-refractivity contribution < 1.29 is 0 Å². The fourth-order valence-electron chi connectivity index (χ4n) is 3.12. The van der Waals surface area contributed by atoms with E-state index in [0.717, 1.165) is 12.8 Å². The summed E-state index contributed by atoms with van der Waals surface area (Å²) in [5.74, 6) is 0. The maximum atomic E-state index is 2.30. The van der Waals surface area contributed by atoms with Gasteiger partial charge < -0.3 is 0 Å². The first kappa shape index (κ1) is 9.90. The normalized spacial score (nSPS) is 16.0. The van der Waals surface area contributed by atoms with E-state index in [1.54, 1.807) is 0 Å². The summed E-state index contributed by atoms with van der Waals surface area (Å²) in [7, 11) is 0. The summed E-state index contributed by atoms with van der Waals surface area (Å²) < 4.78 is 0. The fourth-order valence-corrected chi connectivity index (χ4v) is 3.12. The maximum absolute atomic E-state index is 2.30. The Balaban J connectivity index is 2.08. The minimum Gasteiger partial charge on any atom is -0.0798 e. The van der Waals surface area contributed by atoms with Gasteiger partial charge in [0.25, 0.3) is 0 Å². The molecule has 4 rings (SSSR count). The molecule has 86 valence electrons. The van der Waals surface area contributed by atoms with Crippen LogP contribution in [0.4, 0.5) is 0 Å². The van der Waals surface area contributed by atoms with Gasteiger partial charge in [-0.05, 0) is 46.2 Å². The molecule has 2 aromatic carbocycles. The minimum absolute atomic E-state index is 1.07. The van der Waals surface area contributed by atoms with Crippen LogP contribution in [-0.4, -0.2) is 0 Å². The van der Waals surface area contributed by atoms with Crippen LogP contribution in [0.5, 0.6) is 0 Å². The van der Waals surface area contributed by atoms with Crippen molar-refractivity contribution in [3.8, 4) is 11.1 Å². The minimum atomic E-state index is 1.07. The number of benzene rings is 2. The largest absolute Gasteiger partial charge is 0.0798 e. The first-order chi connectivity index (χ1) is 8.93. The topological polar surface area (TPSA) is 0 Å². The van der Waals surface area contributed by atoms with Gasteiger partial charge in [-0.1, -0.05) is 60.7 Å². The first-order valence-electron chi connectivity index (χ1n) is 6.50. The highest BCUT2D eigenvalue weighted by molar-refractivity contribution is 5.89. The van der Waals surface area contributed by atoms with Crippen LogP contribution in [0.15, 0.2) is 66.3 Å². The average Bonchev–Trinajstić information content (AvgIpc) is 2.83.